The molecule has 0 spiro atoms. The number of hydrogen-bond acceptors (Lipinski definition) is 4. The lowest BCUT2D eigenvalue weighted by Crippen LogP contribution is -2.32. The van der Waals surface area contributed by atoms with Crippen LogP contribution >= 0.6 is 0 Å². The van der Waals surface area contributed by atoms with Crippen molar-refractivity contribution in [2.24, 2.45) is 7.05 Å². The van der Waals surface area contributed by atoms with Gasteiger partial charge in [-0.15, -0.1) is 0 Å². The number of para-hydroxylation sites is 1. The summed E-state index contributed by atoms with van der Waals surface area (Å²) in [5.41, 5.74) is 6.50. The number of aromatic nitrogens is 3. The number of nitrogens with one attached hydrogen (secondary N) is 1. The third-order valence-electron chi connectivity index (χ3n) is 7.18. The Morgan fingerprint density at radius 2 is 2.00 bits per heavy atom. The molecule has 1 aliphatic carbocycles. The van der Waals surface area contributed by atoms with E-state index in [-0.39, 0.29) is 5.91 Å². The first kappa shape index (κ1) is 21.9. The summed E-state index contributed by atoms with van der Waals surface area (Å²) in [5, 5.41) is 9.30. The zero-order valence-corrected chi connectivity index (χ0v) is 20.3. The van der Waals surface area contributed by atoms with Crippen molar-refractivity contribution >= 4 is 16.8 Å². The molecule has 0 unspecified atom stereocenters. The number of amides is 1. The van der Waals surface area contributed by atoms with Gasteiger partial charge in [-0.2, -0.15) is 5.10 Å². The van der Waals surface area contributed by atoms with Crippen LogP contribution in [-0.2, 0) is 33.1 Å². The minimum absolute atomic E-state index is 0.0415. The molecule has 1 aliphatic heterocycles. The molecule has 3 heterocycles. The molecule has 2 aromatic carbocycles. The molecule has 0 bridgehead atoms. The second-order valence-electron chi connectivity index (χ2n) is 9.77. The van der Waals surface area contributed by atoms with E-state index in [2.05, 4.69) is 58.4 Å². The highest BCUT2D eigenvalue weighted by Gasteiger charge is 2.31. The van der Waals surface area contributed by atoms with Crippen molar-refractivity contribution < 1.29 is 9.53 Å². The molecule has 0 saturated heterocycles. The lowest BCUT2D eigenvalue weighted by atomic mass is 10.0. The van der Waals surface area contributed by atoms with E-state index in [1.54, 1.807) is 7.11 Å². The van der Waals surface area contributed by atoms with Gasteiger partial charge in [0.25, 0.3) is 5.91 Å². The van der Waals surface area contributed by atoms with Crippen LogP contribution in [0, 0.1) is 0 Å². The standard InChI is InChI=1S/C28H31N5O2/c1-31-16-20(23-8-3-4-9-25(23)31)17-32-13-12-26-24(18-32)27(28(34)29-21-10-11-21)30-33(26)15-19-6-5-7-22(14-19)35-2/h3-9,14,16,21H,10-13,15,17-18H2,1-2H3,(H,29,34). The van der Waals surface area contributed by atoms with Crippen LogP contribution in [0.25, 0.3) is 10.9 Å². The van der Waals surface area contributed by atoms with Crippen LogP contribution in [0.1, 0.15) is 45.7 Å². The Balaban J connectivity index is 1.30. The van der Waals surface area contributed by atoms with Crippen LogP contribution in [-0.4, -0.2) is 44.9 Å². The number of methoxy groups -OCH3 is 1. The molecular formula is C28H31N5O2. The lowest BCUT2D eigenvalue weighted by molar-refractivity contribution is 0.0943. The number of rotatable bonds is 7. The fourth-order valence-electron chi connectivity index (χ4n) is 5.21. The van der Waals surface area contributed by atoms with Gasteiger partial charge in [-0.05, 0) is 42.2 Å². The predicted octanol–water partition coefficient (Wildman–Crippen LogP) is 3.88. The number of carbonyl (C=O) groups is 1. The maximum Gasteiger partial charge on any atom is 0.272 e. The molecule has 2 aromatic heterocycles. The summed E-state index contributed by atoms with van der Waals surface area (Å²) in [4.78, 5) is 15.6. The van der Waals surface area contributed by atoms with Crippen molar-refractivity contribution in [3.63, 3.8) is 0 Å². The smallest absolute Gasteiger partial charge is 0.272 e. The number of fused-ring (bicyclic) bond motifs is 2. The second-order valence-corrected chi connectivity index (χ2v) is 9.77. The number of nitrogens with zero attached hydrogens (tertiary/aromatic N) is 4. The lowest BCUT2D eigenvalue weighted by Gasteiger charge is -2.27. The zero-order valence-electron chi connectivity index (χ0n) is 20.3. The summed E-state index contributed by atoms with van der Waals surface area (Å²) in [7, 11) is 3.78. The molecular weight excluding hydrogens is 438 g/mol. The van der Waals surface area contributed by atoms with Gasteiger partial charge in [0, 0.05) is 67.5 Å². The highest BCUT2D eigenvalue weighted by Crippen LogP contribution is 2.29. The average Bonchev–Trinajstić information content (AvgIpc) is 3.55. The fourth-order valence-corrected chi connectivity index (χ4v) is 5.21. The van der Waals surface area contributed by atoms with Gasteiger partial charge in [0.05, 0.1) is 13.7 Å². The summed E-state index contributed by atoms with van der Waals surface area (Å²) in [5.74, 6) is 0.789. The monoisotopic (exact) mass is 469 g/mol. The molecule has 0 atom stereocenters. The third-order valence-corrected chi connectivity index (χ3v) is 7.18. The van der Waals surface area contributed by atoms with Gasteiger partial charge in [-0.1, -0.05) is 30.3 Å². The number of carbonyl (C=O) groups excluding carboxylic acids is 1. The zero-order chi connectivity index (χ0) is 23.9. The van der Waals surface area contributed by atoms with Crippen molar-refractivity contribution in [1.29, 1.82) is 0 Å². The molecule has 1 amide bonds. The van der Waals surface area contributed by atoms with Crippen molar-refractivity contribution in [2.75, 3.05) is 13.7 Å². The number of ether oxygens (including phenoxy) is 1. The van der Waals surface area contributed by atoms with E-state index < -0.39 is 0 Å². The Labute approximate surface area is 205 Å². The first-order chi connectivity index (χ1) is 17.1. The summed E-state index contributed by atoms with van der Waals surface area (Å²) < 4.78 is 9.62. The van der Waals surface area contributed by atoms with Crippen LogP contribution in [0.4, 0.5) is 0 Å². The molecule has 180 valence electrons. The van der Waals surface area contributed by atoms with E-state index in [1.807, 2.05) is 22.9 Å². The van der Waals surface area contributed by atoms with E-state index in [0.717, 1.165) is 55.8 Å². The number of hydrogen-bond donors (Lipinski definition) is 1. The molecule has 0 radical (unpaired) electrons. The Morgan fingerprint density at radius 3 is 2.83 bits per heavy atom. The van der Waals surface area contributed by atoms with E-state index in [0.29, 0.717) is 18.3 Å². The minimum Gasteiger partial charge on any atom is -0.497 e. The molecule has 4 aromatic rings. The Hall–Kier alpha value is -3.58. The third kappa shape index (κ3) is 4.32. The molecule has 35 heavy (non-hydrogen) atoms. The summed E-state index contributed by atoms with van der Waals surface area (Å²) in [6.07, 6.45) is 5.22. The van der Waals surface area contributed by atoms with Gasteiger partial charge < -0.3 is 14.6 Å². The Bertz CT molecular complexity index is 1400. The van der Waals surface area contributed by atoms with Gasteiger partial charge in [0.2, 0.25) is 0 Å². The quantitative estimate of drug-likeness (QED) is 0.446. The van der Waals surface area contributed by atoms with Crippen LogP contribution in [0.2, 0.25) is 0 Å². The van der Waals surface area contributed by atoms with Crippen molar-refractivity contribution in [3.05, 3.63) is 82.8 Å². The summed E-state index contributed by atoms with van der Waals surface area (Å²) >= 11 is 0. The van der Waals surface area contributed by atoms with Gasteiger partial charge in [-0.3, -0.25) is 14.4 Å². The summed E-state index contributed by atoms with van der Waals surface area (Å²) in [6, 6.07) is 16.9. The predicted molar refractivity (Wildman–Crippen MR) is 136 cm³/mol. The molecule has 6 rings (SSSR count). The largest absolute Gasteiger partial charge is 0.497 e. The average molecular weight is 470 g/mol. The van der Waals surface area contributed by atoms with Crippen LogP contribution < -0.4 is 10.1 Å². The first-order valence-electron chi connectivity index (χ1n) is 12.4. The second kappa shape index (κ2) is 8.89. The van der Waals surface area contributed by atoms with Gasteiger partial charge >= 0.3 is 0 Å². The van der Waals surface area contributed by atoms with E-state index >= 15 is 0 Å². The molecule has 1 saturated carbocycles. The highest BCUT2D eigenvalue weighted by molar-refractivity contribution is 5.94. The summed E-state index contributed by atoms with van der Waals surface area (Å²) in [6.45, 7) is 3.14. The molecule has 7 nitrogen and oxygen atoms in total. The van der Waals surface area contributed by atoms with Gasteiger partial charge in [0.15, 0.2) is 5.69 Å². The number of benzene rings is 2. The molecule has 1 N–H and O–H groups in total. The maximum absolute atomic E-state index is 13.1. The topological polar surface area (TPSA) is 64.3 Å². The SMILES string of the molecule is COc1cccc(Cn2nc(C(=O)NC3CC3)c3c2CCN(Cc2cn(C)c4ccccc24)C3)c1. The fraction of sp³-hybridized carbons (Fsp3) is 0.357. The molecule has 1 fully saturated rings. The minimum atomic E-state index is -0.0415. The van der Waals surface area contributed by atoms with Gasteiger partial charge in [-0.25, -0.2) is 0 Å². The van der Waals surface area contributed by atoms with Crippen molar-refractivity contribution in [1.82, 2.24) is 24.6 Å². The van der Waals surface area contributed by atoms with E-state index in [1.165, 1.54) is 22.2 Å². The van der Waals surface area contributed by atoms with Crippen LogP contribution in [0.3, 0.4) is 0 Å². The van der Waals surface area contributed by atoms with Crippen molar-refractivity contribution in [3.8, 4) is 5.75 Å². The van der Waals surface area contributed by atoms with E-state index in [9.17, 15) is 4.79 Å². The normalized spacial score (nSPS) is 15.8. The Morgan fingerprint density at radius 1 is 1.14 bits per heavy atom. The molecule has 2 aliphatic rings. The number of aryl methyl sites for hydroxylation is 1. The maximum atomic E-state index is 13.1. The van der Waals surface area contributed by atoms with Crippen molar-refractivity contribution in [2.45, 2.75) is 44.9 Å². The molecule has 7 heteroatoms. The van der Waals surface area contributed by atoms with Crippen LogP contribution in [0.15, 0.2) is 54.7 Å². The highest BCUT2D eigenvalue weighted by atomic mass is 16.5. The van der Waals surface area contributed by atoms with Gasteiger partial charge in [0.1, 0.15) is 5.75 Å². The van der Waals surface area contributed by atoms with Crippen LogP contribution in [0.5, 0.6) is 5.75 Å². The Kier molecular flexibility index (Phi) is 5.57. The van der Waals surface area contributed by atoms with E-state index in [4.69, 9.17) is 9.84 Å². The first-order valence-corrected chi connectivity index (χ1v) is 12.4.